The molecule has 146 valence electrons. The minimum absolute atomic E-state index is 0.139. The summed E-state index contributed by atoms with van der Waals surface area (Å²) in [5.74, 6) is 0.355. The fourth-order valence-electron chi connectivity index (χ4n) is 2.75. The van der Waals surface area contributed by atoms with Gasteiger partial charge in [0.25, 0.3) is 0 Å². The summed E-state index contributed by atoms with van der Waals surface area (Å²) in [6.07, 6.45) is 2.22. The van der Waals surface area contributed by atoms with Gasteiger partial charge in [0.05, 0.1) is 23.7 Å². The van der Waals surface area contributed by atoms with E-state index in [1.807, 2.05) is 18.2 Å². The van der Waals surface area contributed by atoms with Gasteiger partial charge in [-0.05, 0) is 39.1 Å². The fraction of sp³-hybridized carbons (Fsp3) is 0.474. The maximum Gasteiger partial charge on any atom is 0.227 e. The predicted molar refractivity (Wildman–Crippen MR) is 103 cm³/mol. The van der Waals surface area contributed by atoms with Crippen molar-refractivity contribution in [3.8, 4) is 5.75 Å². The lowest BCUT2D eigenvalue weighted by Gasteiger charge is -2.34. The molecule has 1 saturated heterocycles. The minimum atomic E-state index is -0.959. The van der Waals surface area contributed by atoms with Crippen molar-refractivity contribution in [1.82, 2.24) is 14.9 Å². The summed E-state index contributed by atoms with van der Waals surface area (Å²) in [5, 5.41) is 13.0. The second-order valence-electron chi connectivity index (χ2n) is 7.42. The molecule has 0 spiro atoms. The van der Waals surface area contributed by atoms with E-state index in [4.69, 9.17) is 4.74 Å². The van der Waals surface area contributed by atoms with Gasteiger partial charge in [0.2, 0.25) is 5.95 Å². The van der Waals surface area contributed by atoms with Crippen LogP contribution in [0, 0.1) is 5.82 Å². The van der Waals surface area contributed by atoms with Crippen molar-refractivity contribution in [2.75, 3.05) is 50.1 Å². The van der Waals surface area contributed by atoms with Crippen molar-refractivity contribution in [2.24, 2.45) is 0 Å². The summed E-state index contributed by atoms with van der Waals surface area (Å²) in [4.78, 5) is 12.5. The average molecular weight is 375 g/mol. The van der Waals surface area contributed by atoms with E-state index in [0.717, 1.165) is 44.3 Å². The van der Waals surface area contributed by atoms with Crippen LogP contribution in [0.4, 0.5) is 21.7 Å². The average Bonchev–Trinajstić information content (AvgIpc) is 2.62. The Hall–Kier alpha value is -2.45. The van der Waals surface area contributed by atoms with Crippen LogP contribution >= 0.6 is 0 Å². The number of benzene rings is 1. The number of halogens is 1. The molecular formula is C19H26FN5O2. The van der Waals surface area contributed by atoms with Gasteiger partial charge in [-0.2, -0.15) is 0 Å². The highest BCUT2D eigenvalue weighted by Gasteiger charge is 2.18. The Balaban J connectivity index is 1.84. The normalized spacial score (nSPS) is 15.7. The summed E-state index contributed by atoms with van der Waals surface area (Å²) in [5.41, 5.74) is 0.769. The summed E-state index contributed by atoms with van der Waals surface area (Å²) < 4.78 is 18.9. The standard InChI is InChI=1S/C19H26FN5O2/c1-19(2,26)13-27-17-5-4-15(25-8-6-24(3)7-9-25)10-16(17)23-18-21-11-14(20)12-22-18/h4-5,10-12,26H,6-9,13H2,1-3H3,(H,21,22,23). The first-order valence-corrected chi connectivity index (χ1v) is 8.97. The van der Waals surface area contributed by atoms with Crippen LogP contribution in [0.5, 0.6) is 5.75 Å². The Morgan fingerprint density at radius 2 is 1.85 bits per heavy atom. The third kappa shape index (κ3) is 5.51. The van der Waals surface area contributed by atoms with Crippen LogP contribution in [-0.4, -0.2) is 65.4 Å². The van der Waals surface area contributed by atoms with Gasteiger partial charge >= 0.3 is 0 Å². The second kappa shape index (κ2) is 8.06. The van der Waals surface area contributed by atoms with Gasteiger partial charge in [0.1, 0.15) is 12.4 Å². The lowest BCUT2D eigenvalue weighted by atomic mass is 10.1. The van der Waals surface area contributed by atoms with E-state index in [-0.39, 0.29) is 12.6 Å². The van der Waals surface area contributed by atoms with Crippen LogP contribution < -0.4 is 15.0 Å². The van der Waals surface area contributed by atoms with Crippen molar-refractivity contribution in [2.45, 2.75) is 19.4 Å². The lowest BCUT2D eigenvalue weighted by Crippen LogP contribution is -2.44. The molecule has 0 aliphatic carbocycles. The molecule has 2 N–H and O–H groups in total. The van der Waals surface area contributed by atoms with Crippen molar-refractivity contribution in [3.63, 3.8) is 0 Å². The molecule has 1 aromatic carbocycles. The van der Waals surface area contributed by atoms with E-state index in [0.29, 0.717) is 11.4 Å². The zero-order chi connectivity index (χ0) is 19.4. The van der Waals surface area contributed by atoms with E-state index in [1.165, 1.54) is 0 Å². The van der Waals surface area contributed by atoms with Crippen LogP contribution in [0.3, 0.4) is 0 Å². The third-order valence-electron chi connectivity index (χ3n) is 4.28. The largest absolute Gasteiger partial charge is 0.488 e. The van der Waals surface area contributed by atoms with Crippen molar-refractivity contribution < 1.29 is 14.2 Å². The summed E-state index contributed by atoms with van der Waals surface area (Å²) >= 11 is 0. The van der Waals surface area contributed by atoms with E-state index in [2.05, 4.69) is 32.1 Å². The highest BCUT2D eigenvalue weighted by molar-refractivity contribution is 5.69. The molecule has 0 saturated carbocycles. The number of piperazine rings is 1. The van der Waals surface area contributed by atoms with Gasteiger partial charge in [-0.15, -0.1) is 0 Å². The number of ether oxygens (including phenoxy) is 1. The van der Waals surface area contributed by atoms with Gasteiger partial charge in [-0.1, -0.05) is 0 Å². The molecular weight excluding hydrogens is 349 g/mol. The van der Waals surface area contributed by atoms with E-state index >= 15 is 0 Å². The molecule has 2 heterocycles. The van der Waals surface area contributed by atoms with Crippen molar-refractivity contribution in [3.05, 3.63) is 36.4 Å². The summed E-state index contributed by atoms with van der Waals surface area (Å²) in [6, 6.07) is 5.84. The molecule has 1 aromatic heterocycles. The molecule has 27 heavy (non-hydrogen) atoms. The summed E-state index contributed by atoms with van der Waals surface area (Å²) in [7, 11) is 2.11. The SMILES string of the molecule is CN1CCN(c2ccc(OCC(C)(C)O)c(Nc3ncc(F)cn3)c2)CC1. The number of hydrogen-bond acceptors (Lipinski definition) is 7. The van der Waals surface area contributed by atoms with Crippen LogP contribution in [0.2, 0.25) is 0 Å². The number of nitrogens with one attached hydrogen (secondary N) is 1. The highest BCUT2D eigenvalue weighted by atomic mass is 19.1. The zero-order valence-corrected chi connectivity index (χ0v) is 15.9. The van der Waals surface area contributed by atoms with Gasteiger partial charge in [-0.3, -0.25) is 0 Å². The smallest absolute Gasteiger partial charge is 0.227 e. The van der Waals surface area contributed by atoms with Gasteiger partial charge in [-0.25, -0.2) is 14.4 Å². The summed E-state index contributed by atoms with van der Waals surface area (Å²) in [6.45, 7) is 7.38. The fourth-order valence-corrected chi connectivity index (χ4v) is 2.75. The molecule has 8 heteroatoms. The second-order valence-corrected chi connectivity index (χ2v) is 7.42. The van der Waals surface area contributed by atoms with E-state index < -0.39 is 11.4 Å². The molecule has 0 unspecified atom stereocenters. The maximum absolute atomic E-state index is 13.1. The Morgan fingerprint density at radius 3 is 2.48 bits per heavy atom. The molecule has 7 nitrogen and oxygen atoms in total. The minimum Gasteiger partial charge on any atom is -0.488 e. The number of hydrogen-bond donors (Lipinski definition) is 2. The Labute approximate surface area is 158 Å². The molecule has 0 bridgehead atoms. The number of anilines is 3. The number of nitrogens with zero attached hydrogens (tertiary/aromatic N) is 4. The predicted octanol–water partition coefficient (Wildman–Crippen LogP) is 2.26. The quantitative estimate of drug-likeness (QED) is 0.802. The first kappa shape index (κ1) is 19.3. The van der Waals surface area contributed by atoms with Crippen LogP contribution in [-0.2, 0) is 0 Å². The molecule has 0 radical (unpaired) electrons. The maximum atomic E-state index is 13.1. The van der Waals surface area contributed by atoms with Crippen LogP contribution in [0.1, 0.15) is 13.8 Å². The van der Waals surface area contributed by atoms with Gasteiger partial charge in [0, 0.05) is 31.9 Å². The van der Waals surface area contributed by atoms with Crippen molar-refractivity contribution >= 4 is 17.3 Å². The number of aromatic nitrogens is 2. The van der Waals surface area contributed by atoms with Crippen LogP contribution in [0.25, 0.3) is 0 Å². The monoisotopic (exact) mass is 375 g/mol. The number of likely N-dealkylation sites (N-methyl/N-ethyl adjacent to an activating group) is 1. The first-order chi connectivity index (χ1) is 12.8. The molecule has 0 amide bonds. The number of aliphatic hydroxyl groups is 1. The Bertz CT molecular complexity index is 756. The van der Waals surface area contributed by atoms with Gasteiger partial charge in [0.15, 0.2) is 5.82 Å². The molecule has 1 aliphatic heterocycles. The molecule has 3 rings (SSSR count). The Morgan fingerprint density at radius 1 is 1.19 bits per heavy atom. The number of rotatable bonds is 6. The van der Waals surface area contributed by atoms with Gasteiger partial charge < -0.3 is 25.0 Å². The molecule has 0 atom stereocenters. The van der Waals surface area contributed by atoms with Crippen LogP contribution in [0.15, 0.2) is 30.6 Å². The molecule has 1 fully saturated rings. The van der Waals surface area contributed by atoms with Crippen molar-refractivity contribution in [1.29, 1.82) is 0 Å². The lowest BCUT2D eigenvalue weighted by molar-refractivity contribution is 0.0287. The van der Waals surface area contributed by atoms with E-state index in [1.54, 1.807) is 13.8 Å². The Kier molecular flexibility index (Phi) is 5.76. The topological polar surface area (TPSA) is 73.8 Å². The molecule has 1 aliphatic rings. The third-order valence-corrected chi connectivity index (χ3v) is 4.28. The zero-order valence-electron chi connectivity index (χ0n) is 15.9. The highest BCUT2D eigenvalue weighted by Crippen LogP contribution is 2.32. The first-order valence-electron chi connectivity index (χ1n) is 8.97. The molecule has 2 aromatic rings. The van der Waals surface area contributed by atoms with E-state index in [9.17, 15) is 9.50 Å².